The summed E-state index contributed by atoms with van der Waals surface area (Å²) in [5.74, 6) is 0.0341. The number of nitrogens with zero attached hydrogens (tertiary/aromatic N) is 2. The van der Waals surface area contributed by atoms with Crippen LogP contribution in [0.4, 0.5) is 5.82 Å². The number of hydrogen-bond acceptors (Lipinski definition) is 5. The monoisotopic (exact) mass is 286 g/mol. The Bertz CT molecular complexity index is 543. The number of aromatic nitrogens is 1. The third kappa shape index (κ3) is 4.49. The van der Waals surface area contributed by atoms with Crippen molar-refractivity contribution in [1.29, 1.82) is 0 Å². The normalized spacial score (nSPS) is 11.1. The molecule has 0 aliphatic carbocycles. The van der Waals surface area contributed by atoms with Gasteiger partial charge in [-0.05, 0) is 19.2 Å². The third-order valence-corrected chi connectivity index (χ3v) is 3.79. The molecule has 1 heterocycles. The van der Waals surface area contributed by atoms with Crippen molar-refractivity contribution in [2.75, 3.05) is 38.3 Å². The molecule has 0 saturated heterocycles. The topological polar surface area (TPSA) is 91.4 Å². The maximum Gasteiger partial charge on any atom is 0.255 e. The SMILES string of the molecule is CNS(=O)(=O)CCNC(=O)c1cccnc1N(C)C. The van der Waals surface area contributed by atoms with Crippen LogP contribution in [0, 0.1) is 0 Å². The van der Waals surface area contributed by atoms with E-state index in [9.17, 15) is 13.2 Å². The highest BCUT2D eigenvalue weighted by atomic mass is 32.2. The van der Waals surface area contributed by atoms with E-state index >= 15 is 0 Å². The Morgan fingerprint density at radius 1 is 1.42 bits per heavy atom. The van der Waals surface area contributed by atoms with Gasteiger partial charge in [0.2, 0.25) is 10.0 Å². The molecule has 1 rings (SSSR count). The van der Waals surface area contributed by atoms with Gasteiger partial charge < -0.3 is 10.2 Å². The van der Waals surface area contributed by atoms with Crippen LogP contribution in [0.3, 0.4) is 0 Å². The van der Waals surface area contributed by atoms with Crippen LogP contribution in [0.1, 0.15) is 10.4 Å². The summed E-state index contributed by atoms with van der Waals surface area (Å²) in [5.41, 5.74) is 0.411. The second kappa shape index (κ2) is 6.48. The van der Waals surface area contributed by atoms with Crippen molar-refractivity contribution in [3.63, 3.8) is 0 Å². The lowest BCUT2D eigenvalue weighted by atomic mass is 10.2. The van der Waals surface area contributed by atoms with Crippen molar-refractivity contribution in [3.05, 3.63) is 23.9 Å². The number of pyridine rings is 1. The van der Waals surface area contributed by atoms with E-state index in [1.807, 2.05) is 0 Å². The molecule has 1 amide bonds. The van der Waals surface area contributed by atoms with Gasteiger partial charge in [0, 0.05) is 26.8 Å². The molecule has 0 unspecified atom stereocenters. The van der Waals surface area contributed by atoms with E-state index < -0.39 is 10.0 Å². The van der Waals surface area contributed by atoms with Gasteiger partial charge in [-0.3, -0.25) is 4.79 Å². The van der Waals surface area contributed by atoms with E-state index in [1.165, 1.54) is 7.05 Å². The van der Waals surface area contributed by atoms with Crippen molar-refractivity contribution in [1.82, 2.24) is 15.0 Å². The third-order valence-electron chi connectivity index (χ3n) is 2.42. The number of nitrogens with one attached hydrogen (secondary N) is 2. The molecule has 0 aliphatic heterocycles. The molecule has 1 aromatic heterocycles. The molecule has 1 aromatic rings. The Morgan fingerprint density at radius 3 is 2.68 bits per heavy atom. The van der Waals surface area contributed by atoms with Gasteiger partial charge in [-0.2, -0.15) is 0 Å². The Kier molecular flexibility index (Phi) is 5.25. The Labute approximate surface area is 113 Å². The van der Waals surface area contributed by atoms with Gasteiger partial charge in [-0.25, -0.2) is 18.1 Å². The number of sulfonamides is 1. The predicted molar refractivity (Wildman–Crippen MR) is 73.7 cm³/mol. The number of carbonyl (C=O) groups excluding carboxylic acids is 1. The molecule has 0 atom stereocenters. The average Bonchev–Trinajstić information content (AvgIpc) is 2.38. The fraction of sp³-hybridized carbons (Fsp3) is 0.455. The molecular formula is C11H18N4O3S. The van der Waals surface area contributed by atoms with Gasteiger partial charge in [0.15, 0.2) is 0 Å². The van der Waals surface area contributed by atoms with Crippen LogP contribution in [0.2, 0.25) is 0 Å². The Balaban J connectivity index is 2.69. The summed E-state index contributed by atoms with van der Waals surface area (Å²) >= 11 is 0. The molecule has 2 N–H and O–H groups in total. The van der Waals surface area contributed by atoms with E-state index in [1.54, 1.807) is 37.3 Å². The van der Waals surface area contributed by atoms with E-state index in [0.717, 1.165) is 0 Å². The first kappa shape index (κ1) is 15.4. The molecule has 7 nitrogen and oxygen atoms in total. The minimum absolute atomic E-state index is 0.0454. The van der Waals surface area contributed by atoms with Crippen molar-refractivity contribution >= 4 is 21.7 Å². The van der Waals surface area contributed by atoms with Gasteiger partial charge in [-0.15, -0.1) is 0 Å². The summed E-state index contributed by atoms with van der Waals surface area (Å²) in [4.78, 5) is 17.8. The van der Waals surface area contributed by atoms with E-state index in [-0.39, 0.29) is 18.2 Å². The highest BCUT2D eigenvalue weighted by Crippen LogP contribution is 2.13. The standard InChI is InChI=1S/C11H18N4O3S/c1-12-19(17,18)8-7-14-11(16)9-5-4-6-13-10(9)15(2)3/h4-6,12H,7-8H2,1-3H3,(H,14,16). The van der Waals surface area contributed by atoms with Crippen LogP contribution >= 0.6 is 0 Å². The molecule has 0 spiro atoms. The van der Waals surface area contributed by atoms with Crippen molar-refractivity contribution in [2.24, 2.45) is 0 Å². The summed E-state index contributed by atoms with van der Waals surface area (Å²) in [6.45, 7) is 0.0454. The number of anilines is 1. The zero-order valence-corrected chi connectivity index (χ0v) is 12.0. The largest absolute Gasteiger partial charge is 0.362 e. The Morgan fingerprint density at radius 2 is 2.11 bits per heavy atom. The molecule has 0 aromatic carbocycles. The van der Waals surface area contributed by atoms with E-state index in [0.29, 0.717) is 11.4 Å². The summed E-state index contributed by atoms with van der Waals surface area (Å²) in [6.07, 6.45) is 1.59. The summed E-state index contributed by atoms with van der Waals surface area (Å²) in [7, 11) is 1.59. The molecular weight excluding hydrogens is 268 g/mol. The first-order valence-corrected chi connectivity index (χ1v) is 7.34. The lowest BCUT2D eigenvalue weighted by Crippen LogP contribution is -2.33. The Hall–Kier alpha value is -1.67. The lowest BCUT2D eigenvalue weighted by molar-refractivity contribution is 0.0956. The molecule has 0 radical (unpaired) electrons. The molecule has 0 aliphatic rings. The van der Waals surface area contributed by atoms with Gasteiger partial charge in [0.1, 0.15) is 5.82 Å². The minimum Gasteiger partial charge on any atom is -0.362 e. The van der Waals surface area contributed by atoms with Gasteiger partial charge in [0.25, 0.3) is 5.91 Å². The quantitative estimate of drug-likeness (QED) is 0.730. The summed E-state index contributed by atoms with van der Waals surface area (Å²) in [6, 6.07) is 3.30. The first-order valence-electron chi connectivity index (χ1n) is 5.69. The van der Waals surface area contributed by atoms with E-state index in [4.69, 9.17) is 0 Å². The average molecular weight is 286 g/mol. The van der Waals surface area contributed by atoms with Crippen LogP contribution in [-0.4, -0.2) is 52.7 Å². The molecule has 19 heavy (non-hydrogen) atoms. The molecule has 106 valence electrons. The number of rotatable bonds is 6. The van der Waals surface area contributed by atoms with Crippen LogP contribution in [0.5, 0.6) is 0 Å². The van der Waals surface area contributed by atoms with Crippen molar-refractivity contribution in [2.45, 2.75) is 0 Å². The number of amides is 1. The van der Waals surface area contributed by atoms with Crippen LogP contribution in [0.25, 0.3) is 0 Å². The zero-order valence-electron chi connectivity index (χ0n) is 11.2. The summed E-state index contributed by atoms with van der Waals surface area (Å²) in [5, 5.41) is 2.56. The number of hydrogen-bond donors (Lipinski definition) is 2. The zero-order chi connectivity index (χ0) is 14.5. The number of carbonyl (C=O) groups is 1. The molecule has 0 saturated carbocycles. The molecule has 0 bridgehead atoms. The fourth-order valence-electron chi connectivity index (χ4n) is 1.43. The summed E-state index contributed by atoms with van der Waals surface area (Å²) < 4.78 is 24.6. The van der Waals surface area contributed by atoms with Crippen molar-refractivity contribution in [3.8, 4) is 0 Å². The highest BCUT2D eigenvalue weighted by molar-refractivity contribution is 7.89. The highest BCUT2D eigenvalue weighted by Gasteiger charge is 2.14. The van der Waals surface area contributed by atoms with Crippen LogP contribution in [0.15, 0.2) is 18.3 Å². The maximum atomic E-state index is 12.0. The minimum atomic E-state index is -3.31. The second-order valence-electron chi connectivity index (χ2n) is 4.05. The fourth-order valence-corrected chi connectivity index (χ4v) is 2.00. The van der Waals surface area contributed by atoms with Gasteiger partial charge in [0.05, 0.1) is 11.3 Å². The lowest BCUT2D eigenvalue weighted by Gasteiger charge is -2.15. The predicted octanol–water partition coefficient (Wildman–Crippen LogP) is -0.573. The van der Waals surface area contributed by atoms with Gasteiger partial charge >= 0.3 is 0 Å². The maximum absolute atomic E-state index is 12.0. The van der Waals surface area contributed by atoms with Gasteiger partial charge in [-0.1, -0.05) is 0 Å². The van der Waals surface area contributed by atoms with Crippen LogP contribution < -0.4 is 14.9 Å². The van der Waals surface area contributed by atoms with Crippen molar-refractivity contribution < 1.29 is 13.2 Å². The molecule has 8 heteroatoms. The first-order chi connectivity index (χ1) is 8.87. The van der Waals surface area contributed by atoms with E-state index in [2.05, 4.69) is 15.0 Å². The van der Waals surface area contributed by atoms with Crippen LogP contribution in [-0.2, 0) is 10.0 Å². The second-order valence-corrected chi connectivity index (χ2v) is 6.09. The smallest absolute Gasteiger partial charge is 0.255 e. The molecule has 0 fully saturated rings.